The molecule has 0 radical (unpaired) electrons. The quantitative estimate of drug-likeness (QED) is 0.314. The Bertz CT molecular complexity index is 1360. The SMILES string of the molecule is Clc1ccc(CN2CCN(c3nc(N4CCN(Cc5ccc(Cl)cc5)CC4)c4ccccc4n3)CC2)cc1. The molecule has 0 bridgehead atoms. The number of hydrogen-bond acceptors (Lipinski definition) is 6. The van der Waals surface area contributed by atoms with E-state index in [9.17, 15) is 0 Å². The highest BCUT2D eigenvalue weighted by atomic mass is 35.5. The molecule has 3 heterocycles. The summed E-state index contributed by atoms with van der Waals surface area (Å²) in [7, 11) is 0. The molecule has 8 heteroatoms. The van der Waals surface area contributed by atoms with Crippen molar-refractivity contribution in [2.45, 2.75) is 13.1 Å². The molecule has 0 unspecified atom stereocenters. The first-order chi connectivity index (χ1) is 18.6. The second-order valence-corrected chi connectivity index (χ2v) is 11.0. The Balaban J connectivity index is 1.13. The summed E-state index contributed by atoms with van der Waals surface area (Å²) in [6.07, 6.45) is 0. The largest absolute Gasteiger partial charge is 0.353 e. The maximum Gasteiger partial charge on any atom is 0.227 e. The van der Waals surface area contributed by atoms with Crippen molar-refractivity contribution in [1.29, 1.82) is 0 Å². The van der Waals surface area contributed by atoms with E-state index in [-0.39, 0.29) is 0 Å². The smallest absolute Gasteiger partial charge is 0.227 e. The van der Waals surface area contributed by atoms with E-state index in [1.807, 2.05) is 24.3 Å². The number of halogens is 2. The Labute approximate surface area is 234 Å². The molecule has 4 aromatic rings. The first kappa shape index (κ1) is 25.4. The molecule has 2 saturated heterocycles. The minimum atomic E-state index is 0.783. The number of hydrogen-bond donors (Lipinski definition) is 0. The normalized spacial score (nSPS) is 17.3. The summed E-state index contributed by atoms with van der Waals surface area (Å²) in [5, 5.41) is 2.70. The van der Waals surface area contributed by atoms with Gasteiger partial charge in [0.15, 0.2) is 0 Å². The number of anilines is 2. The first-order valence-corrected chi connectivity index (χ1v) is 14.1. The van der Waals surface area contributed by atoms with Crippen LogP contribution >= 0.6 is 23.2 Å². The molecule has 0 amide bonds. The van der Waals surface area contributed by atoms with Gasteiger partial charge in [0, 0.05) is 80.9 Å². The molecule has 38 heavy (non-hydrogen) atoms. The number of benzene rings is 3. The monoisotopic (exact) mass is 546 g/mol. The predicted octanol–water partition coefficient (Wildman–Crippen LogP) is 5.58. The highest BCUT2D eigenvalue weighted by molar-refractivity contribution is 6.30. The number of rotatable bonds is 6. The topological polar surface area (TPSA) is 38.7 Å². The first-order valence-electron chi connectivity index (χ1n) is 13.3. The lowest BCUT2D eigenvalue weighted by atomic mass is 10.2. The number of para-hydroxylation sites is 1. The second-order valence-electron chi connectivity index (χ2n) is 10.1. The summed E-state index contributed by atoms with van der Waals surface area (Å²) >= 11 is 12.1. The van der Waals surface area contributed by atoms with Crippen LogP contribution in [-0.2, 0) is 13.1 Å². The molecule has 0 saturated carbocycles. The van der Waals surface area contributed by atoms with E-state index in [2.05, 4.69) is 68.1 Å². The summed E-state index contributed by atoms with van der Waals surface area (Å²) in [5.74, 6) is 1.90. The van der Waals surface area contributed by atoms with Gasteiger partial charge in [-0.25, -0.2) is 4.98 Å². The summed E-state index contributed by atoms with van der Waals surface area (Å²) in [5.41, 5.74) is 3.61. The summed E-state index contributed by atoms with van der Waals surface area (Å²) in [6.45, 7) is 9.58. The van der Waals surface area contributed by atoms with E-state index in [1.165, 1.54) is 11.1 Å². The van der Waals surface area contributed by atoms with Crippen LogP contribution in [0.4, 0.5) is 11.8 Å². The zero-order chi connectivity index (χ0) is 25.9. The standard InChI is InChI=1S/C30H32Cl2N6/c31-25-9-5-23(6-10-25)21-35-13-17-37(18-14-35)29-27-3-1-2-4-28(27)33-30(34-29)38-19-15-36(16-20-38)22-24-7-11-26(32)12-8-24/h1-12H,13-22H2. The molecule has 2 aliphatic heterocycles. The number of aromatic nitrogens is 2. The van der Waals surface area contributed by atoms with Crippen LogP contribution in [0.1, 0.15) is 11.1 Å². The van der Waals surface area contributed by atoms with Crippen molar-refractivity contribution in [3.8, 4) is 0 Å². The highest BCUT2D eigenvalue weighted by Crippen LogP contribution is 2.28. The van der Waals surface area contributed by atoms with E-state index >= 15 is 0 Å². The summed E-state index contributed by atoms with van der Waals surface area (Å²) < 4.78 is 0. The molecule has 0 N–H and O–H groups in total. The van der Waals surface area contributed by atoms with Crippen LogP contribution in [0.5, 0.6) is 0 Å². The zero-order valence-electron chi connectivity index (χ0n) is 21.4. The van der Waals surface area contributed by atoms with Crippen LogP contribution in [0, 0.1) is 0 Å². The molecule has 6 rings (SSSR count). The number of piperazine rings is 2. The molecule has 0 atom stereocenters. The van der Waals surface area contributed by atoms with E-state index < -0.39 is 0 Å². The van der Waals surface area contributed by atoms with Gasteiger partial charge in [-0.15, -0.1) is 0 Å². The van der Waals surface area contributed by atoms with Gasteiger partial charge in [0.2, 0.25) is 5.95 Å². The Hall–Kier alpha value is -2.90. The predicted molar refractivity (Wildman–Crippen MR) is 157 cm³/mol. The molecule has 0 aliphatic carbocycles. The number of fused-ring (bicyclic) bond motifs is 1. The minimum Gasteiger partial charge on any atom is -0.353 e. The lowest BCUT2D eigenvalue weighted by Gasteiger charge is -2.37. The molecular formula is C30H32Cl2N6. The molecule has 2 fully saturated rings. The number of nitrogens with zero attached hydrogens (tertiary/aromatic N) is 6. The second kappa shape index (κ2) is 11.5. The van der Waals surface area contributed by atoms with Crippen LogP contribution in [0.25, 0.3) is 10.9 Å². The lowest BCUT2D eigenvalue weighted by Crippen LogP contribution is -2.47. The van der Waals surface area contributed by atoms with Crippen molar-refractivity contribution >= 4 is 45.9 Å². The van der Waals surface area contributed by atoms with Gasteiger partial charge in [0.25, 0.3) is 0 Å². The van der Waals surface area contributed by atoms with Crippen molar-refractivity contribution in [3.05, 3.63) is 94.0 Å². The fraction of sp³-hybridized carbons (Fsp3) is 0.333. The molecular weight excluding hydrogens is 515 g/mol. The Morgan fingerprint density at radius 1 is 0.553 bits per heavy atom. The summed E-state index contributed by atoms with van der Waals surface area (Å²) in [4.78, 5) is 19.9. The van der Waals surface area contributed by atoms with Crippen molar-refractivity contribution in [2.75, 3.05) is 62.2 Å². The zero-order valence-corrected chi connectivity index (χ0v) is 23.0. The molecule has 0 spiro atoms. The minimum absolute atomic E-state index is 0.783. The van der Waals surface area contributed by atoms with Gasteiger partial charge < -0.3 is 9.80 Å². The van der Waals surface area contributed by atoms with E-state index in [1.54, 1.807) is 0 Å². The average Bonchev–Trinajstić information content (AvgIpc) is 2.96. The van der Waals surface area contributed by atoms with Crippen molar-refractivity contribution in [2.24, 2.45) is 0 Å². The van der Waals surface area contributed by atoms with E-state index in [0.717, 1.165) is 98.2 Å². The molecule has 1 aromatic heterocycles. The fourth-order valence-corrected chi connectivity index (χ4v) is 5.60. The van der Waals surface area contributed by atoms with Gasteiger partial charge in [-0.3, -0.25) is 9.80 Å². The molecule has 2 aliphatic rings. The van der Waals surface area contributed by atoms with Crippen molar-refractivity contribution < 1.29 is 0 Å². The van der Waals surface area contributed by atoms with Crippen molar-refractivity contribution in [1.82, 2.24) is 19.8 Å². The van der Waals surface area contributed by atoms with Gasteiger partial charge in [-0.2, -0.15) is 4.98 Å². The maximum atomic E-state index is 6.06. The fourth-order valence-electron chi connectivity index (χ4n) is 5.35. The van der Waals surface area contributed by atoms with Crippen molar-refractivity contribution in [3.63, 3.8) is 0 Å². The Kier molecular flexibility index (Phi) is 7.65. The highest BCUT2D eigenvalue weighted by Gasteiger charge is 2.24. The third-order valence-corrected chi connectivity index (χ3v) is 8.04. The van der Waals surface area contributed by atoms with Gasteiger partial charge in [0.05, 0.1) is 5.52 Å². The van der Waals surface area contributed by atoms with Crippen LogP contribution in [0.3, 0.4) is 0 Å². The average molecular weight is 548 g/mol. The van der Waals surface area contributed by atoms with Crippen LogP contribution in [0.2, 0.25) is 10.0 Å². The maximum absolute atomic E-state index is 6.06. The summed E-state index contributed by atoms with van der Waals surface area (Å²) in [6, 6.07) is 24.8. The van der Waals surface area contributed by atoms with E-state index in [4.69, 9.17) is 33.2 Å². The van der Waals surface area contributed by atoms with Gasteiger partial charge in [0.1, 0.15) is 5.82 Å². The van der Waals surface area contributed by atoms with Gasteiger partial charge >= 0.3 is 0 Å². The molecule has 3 aromatic carbocycles. The van der Waals surface area contributed by atoms with Crippen LogP contribution in [0.15, 0.2) is 72.8 Å². The van der Waals surface area contributed by atoms with Gasteiger partial charge in [-0.05, 0) is 47.5 Å². The van der Waals surface area contributed by atoms with E-state index in [0.29, 0.717) is 0 Å². The Morgan fingerprint density at radius 2 is 1.05 bits per heavy atom. The van der Waals surface area contributed by atoms with Gasteiger partial charge in [-0.1, -0.05) is 59.6 Å². The molecule has 196 valence electrons. The third-order valence-electron chi connectivity index (χ3n) is 7.54. The lowest BCUT2D eigenvalue weighted by molar-refractivity contribution is 0.248. The third kappa shape index (κ3) is 5.89. The Morgan fingerprint density at radius 3 is 1.61 bits per heavy atom. The van der Waals surface area contributed by atoms with Crippen LogP contribution < -0.4 is 9.80 Å². The molecule has 6 nitrogen and oxygen atoms in total. The van der Waals surface area contributed by atoms with Crippen LogP contribution in [-0.4, -0.2) is 72.1 Å².